The molecule has 1 aliphatic rings. The molecule has 4 nitrogen and oxygen atoms in total. The summed E-state index contributed by atoms with van der Waals surface area (Å²) < 4.78 is 0. The molecule has 2 rings (SSSR count). The molecule has 1 aromatic carbocycles. The molecule has 106 valence electrons. The van der Waals surface area contributed by atoms with Crippen LogP contribution in [0.1, 0.15) is 17.3 Å². The summed E-state index contributed by atoms with van der Waals surface area (Å²) in [5.74, 6) is -0.109. The maximum atomic E-state index is 12.4. The topological polar surface area (TPSA) is 47.3 Å². The second-order valence-corrected chi connectivity index (χ2v) is 5.60. The Bertz CT molecular complexity index is 548. The van der Waals surface area contributed by atoms with E-state index >= 15 is 0 Å². The van der Waals surface area contributed by atoms with Crippen molar-refractivity contribution in [3.8, 4) is 6.07 Å². The number of hydrogen-bond donors (Lipinski definition) is 0. The van der Waals surface area contributed by atoms with Gasteiger partial charge in [0.05, 0.1) is 22.7 Å². The highest BCUT2D eigenvalue weighted by Crippen LogP contribution is 2.22. The average Bonchev–Trinajstić information content (AvgIpc) is 2.48. The van der Waals surface area contributed by atoms with Crippen molar-refractivity contribution >= 4 is 29.1 Å². The maximum absolute atomic E-state index is 12.4. The molecule has 0 spiro atoms. The van der Waals surface area contributed by atoms with E-state index in [4.69, 9.17) is 28.5 Å². The van der Waals surface area contributed by atoms with Crippen molar-refractivity contribution in [1.29, 1.82) is 5.26 Å². The molecular formula is C14H15Cl2N3O. The molecule has 1 saturated heterocycles. The first-order valence-corrected chi connectivity index (χ1v) is 7.16. The van der Waals surface area contributed by atoms with Crippen LogP contribution < -0.4 is 0 Å². The monoisotopic (exact) mass is 311 g/mol. The molecule has 1 fully saturated rings. The Morgan fingerprint density at radius 1 is 1.30 bits per heavy atom. The number of nitriles is 1. The van der Waals surface area contributed by atoms with Gasteiger partial charge in [0.1, 0.15) is 0 Å². The minimum atomic E-state index is -0.123. The predicted molar refractivity (Wildman–Crippen MR) is 79.0 cm³/mol. The minimum absolute atomic E-state index is 0.109. The molecule has 0 aromatic heterocycles. The summed E-state index contributed by atoms with van der Waals surface area (Å²) in [7, 11) is 0. The number of nitrogens with zero attached hydrogens (tertiary/aromatic N) is 3. The highest BCUT2D eigenvalue weighted by atomic mass is 35.5. The molecule has 0 saturated carbocycles. The van der Waals surface area contributed by atoms with Gasteiger partial charge in [0, 0.05) is 31.2 Å². The van der Waals surface area contributed by atoms with E-state index in [2.05, 4.69) is 11.0 Å². The van der Waals surface area contributed by atoms with Crippen LogP contribution in [0, 0.1) is 11.3 Å². The van der Waals surface area contributed by atoms with Crippen molar-refractivity contribution in [2.75, 3.05) is 26.2 Å². The minimum Gasteiger partial charge on any atom is -0.336 e. The lowest BCUT2D eigenvalue weighted by Gasteiger charge is -2.36. The first kappa shape index (κ1) is 15.1. The Labute approximate surface area is 128 Å². The van der Waals surface area contributed by atoms with E-state index in [0.717, 1.165) is 0 Å². The van der Waals surface area contributed by atoms with Crippen molar-refractivity contribution in [3.05, 3.63) is 33.8 Å². The van der Waals surface area contributed by atoms with Gasteiger partial charge in [0.25, 0.3) is 5.91 Å². The molecule has 1 aliphatic heterocycles. The normalized spacial score (nSPS) is 17.6. The van der Waals surface area contributed by atoms with Crippen LogP contribution in [0.25, 0.3) is 0 Å². The van der Waals surface area contributed by atoms with Gasteiger partial charge in [-0.3, -0.25) is 9.69 Å². The fourth-order valence-corrected chi connectivity index (χ4v) is 2.60. The molecule has 6 heteroatoms. The fourth-order valence-electron chi connectivity index (χ4n) is 2.23. The third kappa shape index (κ3) is 3.24. The predicted octanol–water partition coefficient (Wildman–Crippen LogP) is 2.66. The van der Waals surface area contributed by atoms with Gasteiger partial charge in [-0.15, -0.1) is 0 Å². The third-order valence-corrected chi connectivity index (χ3v) is 4.06. The van der Waals surface area contributed by atoms with Gasteiger partial charge in [0.2, 0.25) is 0 Å². The number of benzene rings is 1. The van der Waals surface area contributed by atoms with Crippen LogP contribution in [0.5, 0.6) is 0 Å². The zero-order valence-corrected chi connectivity index (χ0v) is 12.7. The summed E-state index contributed by atoms with van der Waals surface area (Å²) in [6, 6.07) is 6.97. The van der Waals surface area contributed by atoms with Crippen molar-refractivity contribution in [2.45, 2.75) is 13.0 Å². The van der Waals surface area contributed by atoms with E-state index in [1.165, 1.54) is 0 Å². The Kier molecular flexibility index (Phi) is 4.87. The summed E-state index contributed by atoms with van der Waals surface area (Å²) in [6.45, 7) is 4.43. The highest BCUT2D eigenvalue weighted by molar-refractivity contribution is 6.35. The lowest BCUT2D eigenvalue weighted by molar-refractivity contribution is 0.0616. The van der Waals surface area contributed by atoms with E-state index in [0.29, 0.717) is 41.8 Å². The molecular weight excluding hydrogens is 297 g/mol. The first-order valence-electron chi connectivity index (χ1n) is 6.41. The van der Waals surface area contributed by atoms with Crippen LogP contribution in [0.2, 0.25) is 10.0 Å². The molecule has 0 bridgehead atoms. The van der Waals surface area contributed by atoms with E-state index in [1.54, 1.807) is 23.1 Å². The van der Waals surface area contributed by atoms with Crippen LogP contribution in [0.3, 0.4) is 0 Å². The molecule has 0 radical (unpaired) electrons. The highest BCUT2D eigenvalue weighted by Gasteiger charge is 2.25. The van der Waals surface area contributed by atoms with Crippen molar-refractivity contribution in [3.63, 3.8) is 0 Å². The second kappa shape index (κ2) is 6.45. The molecule has 1 heterocycles. The van der Waals surface area contributed by atoms with Crippen LogP contribution in [-0.4, -0.2) is 47.9 Å². The number of halogens is 2. The maximum Gasteiger partial charge on any atom is 0.255 e. The average molecular weight is 312 g/mol. The van der Waals surface area contributed by atoms with Gasteiger partial charge in [0.15, 0.2) is 0 Å². The van der Waals surface area contributed by atoms with Gasteiger partial charge in [-0.1, -0.05) is 23.2 Å². The van der Waals surface area contributed by atoms with Crippen molar-refractivity contribution < 1.29 is 4.79 Å². The van der Waals surface area contributed by atoms with Gasteiger partial charge < -0.3 is 4.90 Å². The summed E-state index contributed by atoms with van der Waals surface area (Å²) >= 11 is 12.0. The molecule has 1 aromatic rings. The van der Waals surface area contributed by atoms with Crippen LogP contribution in [0.4, 0.5) is 0 Å². The van der Waals surface area contributed by atoms with E-state index in [9.17, 15) is 4.79 Å². The zero-order chi connectivity index (χ0) is 14.7. The lowest BCUT2D eigenvalue weighted by atomic mass is 10.1. The second-order valence-electron chi connectivity index (χ2n) is 4.76. The fraction of sp³-hybridized carbons (Fsp3) is 0.429. The number of rotatable bonds is 2. The van der Waals surface area contributed by atoms with Crippen LogP contribution in [-0.2, 0) is 0 Å². The number of amides is 1. The van der Waals surface area contributed by atoms with Crippen molar-refractivity contribution in [1.82, 2.24) is 9.80 Å². The molecule has 1 atom stereocenters. The van der Waals surface area contributed by atoms with Gasteiger partial charge in [-0.05, 0) is 25.1 Å². The van der Waals surface area contributed by atoms with Crippen LogP contribution >= 0.6 is 23.2 Å². The number of hydrogen-bond acceptors (Lipinski definition) is 3. The van der Waals surface area contributed by atoms with Crippen LogP contribution in [0.15, 0.2) is 18.2 Å². The van der Waals surface area contributed by atoms with Crippen molar-refractivity contribution in [2.24, 2.45) is 0 Å². The SMILES string of the molecule is CC(C#N)N1CCN(C(=O)c2cc(Cl)ccc2Cl)CC1. The zero-order valence-electron chi connectivity index (χ0n) is 11.1. The molecule has 0 aliphatic carbocycles. The molecule has 20 heavy (non-hydrogen) atoms. The van der Waals surface area contributed by atoms with Gasteiger partial charge >= 0.3 is 0 Å². The summed E-state index contributed by atoms with van der Waals surface area (Å²) in [4.78, 5) is 16.2. The molecule has 1 unspecified atom stereocenters. The Morgan fingerprint density at radius 3 is 2.55 bits per heavy atom. The largest absolute Gasteiger partial charge is 0.336 e. The summed E-state index contributed by atoms with van der Waals surface area (Å²) in [5.41, 5.74) is 0.431. The number of carbonyl (C=O) groups excluding carboxylic acids is 1. The van der Waals surface area contributed by atoms with E-state index < -0.39 is 0 Å². The Hall–Kier alpha value is -1.28. The lowest BCUT2D eigenvalue weighted by Crippen LogP contribution is -2.51. The first-order chi connectivity index (χ1) is 9.52. The van der Waals surface area contributed by atoms with E-state index in [-0.39, 0.29) is 11.9 Å². The smallest absolute Gasteiger partial charge is 0.255 e. The number of piperazine rings is 1. The third-order valence-electron chi connectivity index (χ3n) is 3.49. The molecule has 0 N–H and O–H groups in total. The quantitative estimate of drug-likeness (QED) is 0.843. The standard InChI is InChI=1S/C14H15Cl2N3O/c1-10(9-17)18-4-6-19(7-5-18)14(20)12-8-11(15)2-3-13(12)16/h2-3,8,10H,4-7H2,1H3. The Balaban J connectivity index is 2.05. The Morgan fingerprint density at radius 2 is 1.95 bits per heavy atom. The molecule has 1 amide bonds. The van der Waals surface area contributed by atoms with E-state index in [1.807, 2.05) is 6.92 Å². The van der Waals surface area contributed by atoms with Gasteiger partial charge in [-0.25, -0.2) is 0 Å². The van der Waals surface area contributed by atoms with Gasteiger partial charge in [-0.2, -0.15) is 5.26 Å². The number of carbonyl (C=O) groups is 1. The summed E-state index contributed by atoms with van der Waals surface area (Å²) in [6.07, 6.45) is 0. The summed E-state index contributed by atoms with van der Waals surface area (Å²) in [5, 5.41) is 9.81.